The number of piperidine rings is 1. The minimum absolute atomic E-state index is 0.163. The Kier molecular flexibility index (Phi) is 3.70. The van der Waals surface area contributed by atoms with Gasteiger partial charge < -0.3 is 14.9 Å². The van der Waals surface area contributed by atoms with Crippen LogP contribution in [0.15, 0.2) is 12.1 Å². The molecule has 1 N–H and O–H groups in total. The maximum atomic E-state index is 11.3. The Morgan fingerprint density at radius 2 is 2.00 bits per heavy atom. The number of anilines is 1. The Morgan fingerprint density at radius 1 is 1.35 bits per heavy atom. The summed E-state index contributed by atoms with van der Waals surface area (Å²) < 4.78 is 0.875. The van der Waals surface area contributed by atoms with E-state index in [9.17, 15) is 9.90 Å². The second kappa shape index (κ2) is 5.34. The molecule has 108 valence electrons. The van der Waals surface area contributed by atoms with Gasteiger partial charge in [-0.15, -0.1) is 10.2 Å². The number of aromatic nitrogens is 2. The highest BCUT2D eigenvalue weighted by Crippen LogP contribution is 2.38. The summed E-state index contributed by atoms with van der Waals surface area (Å²) in [5.74, 6) is 0.860. The Balaban J connectivity index is 1.74. The molecule has 3 atom stereocenters. The third kappa shape index (κ3) is 2.43. The number of fused-ring (bicyclic) bond motifs is 2. The summed E-state index contributed by atoms with van der Waals surface area (Å²) in [7, 11) is 2.03. The van der Waals surface area contributed by atoms with Crippen LogP contribution in [0.1, 0.15) is 25.7 Å². The molecule has 0 aliphatic carbocycles. The van der Waals surface area contributed by atoms with E-state index in [-0.39, 0.29) is 12.1 Å². The molecule has 1 aromatic rings. The summed E-state index contributed by atoms with van der Waals surface area (Å²) in [5.41, 5.74) is 0. The van der Waals surface area contributed by atoms with Gasteiger partial charge in [-0.05, 0) is 60.4 Å². The van der Waals surface area contributed by atoms with E-state index in [1.165, 1.54) is 0 Å². The molecule has 0 saturated carbocycles. The molecule has 20 heavy (non-hydrogen) atoms. The van der Waals surface area contributed by atoms with Crippen molar-refractivity contribution in [1.82, 2.24) is 15.1 Å². The van der Waals surface area contributed by atoms with Crippen molar-refractivity contribution in [2.45, 2.75) is 43.8 Å². The Hall–Kier alpha value is -1.12. The Labute approximate surface area is 131 Å². The van der Waals surface area contributed by atoms with Gasteiger partial charge in [-0.2, -0.15) is 0 Å². The molecule has 3 rings (SSSR count). The lowest BCUT2D eigenvalue weighted by Gasteiger charge is -2.41. The number of rotatable bonds is 2. The summed E-state index contributed by atoms with van der Waals surface area (Å²) in [6.45, 7) is 0. The fraction of sp³-hybridized carbons (Fsp3) is 0.615. The van der Waals surface area contributed by atoms with Gasteiger partial charge in [0.2, 0.25) is 0 Å². The lowest BCUT2D eigenvalue weighted by molar-refractivity contribution is 0.0965. The molecule has 2 fully saturated rings. The molecule has 0 radical (unpaired) electrons. The minimum atomic E-state index is -0.771. The van der Waals surface area contributed by atoms with Gasteiger partial charge in [-0.3, -0.25) is 0 Å². The number of hydrogen-bond donors (Lipinski definition) is 1. The van der Waals surface area contributed by atoms with Gasteiger partial charge in [0.05, 0.1) is 0 Å². The normalized spacial score (nSPS) is 28.5. The highest BCUT2D eigenvalue weighted by atomic mass is 127. The smallest absolute Gasteiger partial charge is 0.407 e. The third-order valence-electron chi connectivity index (χ3n) is 4.46. The summed E-state index contributed by atoms with van der Waals surface area (Å²) in [5, 5.41) is 17.6. The average Bonchev–Trinajstić information content (AvgIpc) is 2.70. The van der Waals surface area contributed by atoms with Crippen molar-refractivity contribution in [1.29, 1.82) is 0 Å². The molecule has 1 unspecified atom stereocenters. The molecule has 2 aliphatic heterocycles. The summed E-state index contributed by atoms with van der Waals surface area (Å²) >= 11 is 2.14. The van der Waals surface area contributed by atoms with E-state index in [1.54, 1.807) is 4.90 Å². The van der Waals surface area contributed by atoms with Crippen molar-refractivity contribution in [3.8, 4) is 0 Å². The van der Waals surface area contributed by atoms with Crippen molar-refractivity contribution in [2.75, 3.05) is 11.9 Å². The maximum absolute atomic E-state index is 11.3. The van der Waals surface area contributed by atoms with E-state index in [4.69, 9.17) is 0 Å². The van der Waals surface area contributed by atoms with Crippen LogP contribution in [0.2, 0.25) is 0 Å². The van der Waals surface area contributed by atoms with Gasteiger partial charge in [0.15, 0.2) is 5.82 Å². The van der Waals surface area contributed by atoms with E-state index < -0.39 is 6.09 Å². The molecular weight excluding hydrogens is 371 g/mol. The van der Waals surface area contributed by atoms with Crippen molar-refractivity contribution in [3.63, 3.8) is 0 Å². The van der Waals surface area contributed by atoms with Gasteiger partial charge in [0.1, 0.15) is 3.70 Å². The highest BCUT2D eigenvalue weighted by Gasteiger charge is 2.44. The van der Waals surface area contributed by atoms with E-state index in [1.807, 2.05) is 19.2 Å². The zero-order valence-corrected chi connectivity index (χ0v) is 13.4. The number of nitrogens with zero attached hydrogens (tertiary/aromatic N) is 4. The van der Waals surface area contributed by atoms with Crippen LogP contribution in [0.3, 0.4) is 0 Å². The third-order valence-corrected chi connectivity index (χ3v) is 5.03. The van der Waals surface area contributed by atoms with E-state index in [2.05, 4.69) is 37.7 Å². The quantitative estimate of drug-likeness (QED) is 0.787. The van der Waals surface area contributed by atoms with Crippen molar-refractivity contribution < 1.29 is 9.90 Å². The first-order valence-corrected chi connectivity index (χ1v) is 7.87. The second-order valence-electron chi connectivity index (χ2n) is 5.53. The van der Waals surface area contributed by atoms with Crippen LogP contribution in [-0.2, 0) is 0 Å². The van der Waals surface area contributed by atoms with E-state index in [0.29, 0.717) is 6.04 Å². The molecule has 0 spiro atoms. The molecular formula is C13H17IN4O2. The van der Waals surface area contributed by atoms with Crippen LogP contribution in [-0.4, -0.2) is 51.5 Å². The van der Waals surface area contributed by atoms with Gasteiger partial charge >= 0.3 is 6.09 Å². The molecule has 3 heterocycles. The van der Waals surface area contributed by atoms with Crippen LogP contribution in [0.5, 0.6) is 0 Å². The number of amides is 1. The number of hydrogen-bond acceptors (Lipinski definition) is 4. The molecule has 2 bridgehead atoms. The fourth-order valence-electron chi connectivity index (χ4n) is 3.46. The SMILES string of the molecule is CN(c1ccc(I)nn1)C1C[C@H]2CC[C@@H](C1)N2C(=O)O. The predicted molar refractivity (Wildman–Crippen MR) is 82.8 cm³/mol. The standard InChI is InChI=1S/C13H17IN4O2/c1-17(12-5-4-11(14)15-16-12)10-6-8-2-3-9(7-10)18(8)13(19)20/h4-5,8-10H,2-3,6-7H2,1H3,(H,19,20)/t8-,9+,10?. The molecule has 7 heteroatoms. The molecule has 0 aromatic carbocycles. The molecule has 2 saturated heterocycles. The average molecular weight is 388 g/mol. The van der Waals surface area contributed by atoms with E-state index in [0.717, 1.165) is 35.2 Å². The zero-order valence-electron chi connectivity index (χ0n) is 11.2. The zero-order chi connectivity index (χ0) is 14.3. The monoisotopic (exact) mass is 388 g/mol. The second-order valence-corrected chi connectivity index (χ2v) is 6.63. The van der Waals surface area contributed by atoms with Crippen molar-refractivity contribution in [2.24, 2.45) is 0 Å². The van der Waals surface area contributed by atoms with Gasteiger partial charge in [-0.25, -0.2) is 4.79 Å². The largest absolute Gasteiger partial charge is 0.465 e. The van der Waals surface area contributed by atoms with Crippen LogP contribution in [0.25, 0.3) is 0 Å². The molecule has 6 nitrogen and oxygen atoms in total. The van der Waals surface area contributed by atoms with Gasteiger partial charge in [0, 0.05) is 25.2 Å². The first-order valence-electron chi connectivity index (χ1n) is 6.79. The molecule has 1 amide bonds. The summed E-state index contributed by atoms with van der Waals surface area (Å²) in [4.78, 5) is 15.1. The first-order chi connectivity index (χ1) is 9.56. The minimum Gasteiger partial charge on any atom is -0.465 e. The van der Waals surface area contributed by atoms with Crippen LogP contribution < -0.4 is 4.90 Å². The lowest BCUT2D eigenvalue weighted by atomic mass is 9.96. The number of halogens is 1. The predicted octanol–water partition coefficient (Wildman–Crippen LogP) is 2.19. The van der Waals surface area contributed by atoms with Gasteiger partial charge in [-0.1, -0.05) is 0 Å². The summed E-state index contributed by atoms with van der Waals surface area (Å²) in [6.07, 6.45) is 2.96. The van der Waals surface area contributed by atoms with Crippen LogP contribution in [0.4, 0.5) is 10.6 Å². The van der Waals surface area contributed by atoms with E-state index >= 15 is 0 Å². The lowest BCUT2D eigenvalue weighted by Crippen LogP contribution is -2.51. The fourth-order valence-corrected chi connectivity index (χ4v) is 3.75. The Bertz CT molecular complexity index is 496. The first kappa shape index (κ1) is 13.8. The number of carboxylic acid groups (broad SMARTS) is 1. The maximum Gasteiger partial charge on any atom is 0.407 e. The van der Waals surface area contributed by atoms with Crippen LogP contribution in [0, 0.1) is 3.70 Å². The topological polar surface area (TPSA) is 69.6 Å². The van der Waals surface area contributed by atoms with Crippen molar-refractivity contribution >= 4 is 34.5 Å². The number of carbonyl (C=O) groups is 1. The summed E-state index contributed by atoms with van der Waals surface area (Å²) in [6, 6.07) is 4.59. The molecule has 2 aliphatic rings. The highest BCUT2D eigenvalue weighted by molar-refractivity contribution is 14.1. The van der Waals surface area contributed by atoms with Gasteiger partial charge in [0.25, 0.3) is 0 Å². The van der Waals surface area contributed by atoms with Crippen molar-refractivity contribution in [3.05, 3.63) is 15.8 Å². The Morgan fingerprint density at radius 3 is 2.50 bits per heavy atom. The molecule has 1 aromatic heterocycles. The van der Waals surface area contributed by atoms with Crippen LogP contribution >= 0.6 is 22.6 Å².